The summed E-state index contributed by atoms with van der Waals surface area (Å²) >= 11 is 0. The molecule has 0 unspecified atom stereocenters. The lowest BCUT2D eigenvalue weighted by molar-refractivity contribution is -0.145. The zero-order valence-electron chi connectivity index (χ0n) is 13.6. The number of phenols is 1. The summed E-state index contributed by atoms with van der Waals surface area (Å²) in [7, 11) is -3.04. The van der Waals surface area contributed by atoms with E-state index in [-0.39, 0.29) is 41.8 Å². The number of aromatic hydroxyl groups is 1. The number of sulfone groups is 1. The van der Waals surface area contributed by atoms with Gasteiger partial charge in [0.25, 0.3) is 0 Å². The van der Waals surface area contributed by atoms with Crippen LogP contribution in [0.15, 0.2) is 27.4 Å². The Kier molecular flexibility index (Phi) is 4.55. The van der Waals surface area contributed by atoms with Gasteiger partial charge >= 0.3 is 11.6 Å². The minimum Gasteiger partial charge on any atom is -0.508 e. The highest BCUT2D eigenvalue weighted by Crippen LogP contribution is 2.28. The highest BCUT2D eigenvalue weighted by Gasteiger charge is 2.29. The third kappa shape index (κ3) is 3.84. The molecule has 1 aliphatic heterocycles. The lowest BCUT2D eigenvalue weighted by Crippen LogP contribution is -2.13. The van der Waals surface area contributed by atoms with Crippen LogP contribution in [0.4, 0.5) is 0 Å². The number of fused-ring (bicyclic) bond motifs is 1. The summed E-state index contributed by atoms with van der Waals surface area (Å²) in [6.45, 7) is 1.50. The number of aryl methyl sites for hydroxylation is 1. The molecule has 1 saturated heterocycles. The van der Waals surface area contributed by atoms with Gasteiger partial charge < -0.3 is 14.3 Å². The molecule has 2 aromatic rings. The van der Waals surface area contributed by atoms with E-state index in [2.05, 4.69) is 0 Å². The summed E-state index contributed by atoms with van der Waals surface area (Å²) in [5.41, 5.74) is 0.551. The largest absolute Gasteiger partial charge is 0.508 e. The predicted molar refractivity (Wildman–Crippen MR) is 90.1 cm³/mol. The van der Waals surface area contributed by atoms with Crippen LogP contribution in [0.25, 0.3) is 11.0 Å². The van der Waals surface area contributed by atoms with Gasteiger partial charge in [-0.2, -0.15) is 0 Å². The zero-order valence-corrected chi connectivity index (χ0v) is 14.5. The summed E-state index contributed by atoms with van der Waals surface area (Å²) in [4.78, 5) is 23.7. The van der Waals surface area contributed by atoms with Gasteiger partial charge in [0.1, 0.15) is 17.9 Å². The van der Waals surface area contributed by atoms with Crippen molar-refractivity contribution < 1.29 is 27.5 Å². The van der Waals surface area contributed by atoms with E-state index in [0.717, 1.165) is 0 Å². The molecule has 0 saturated carbocycles. The van der Waals surface area contributed by atoms with Crippen LogP contribution in [-0.4, -0.2) is 31.0 Å². The molecule has 7 nitrogen and oxygen atoms in total. The molecule has 1 aliphatic rings. The SMILES string of the molecule is Cc1c(O)ccc2c(COC(=O)C[C@@H]3CCS(=O)(=O)C3)cc(=O)oc12. The second-order valence-electron chi connectivity index (χ2n) is 6.31. The van der Waals surface area contributed by atoms with Crippen molar-refractivity contribution in [1.82, 2.24) is 0 Å². The van der Waals surface area contributed by atoms with Crippen LogP contribution >= 0.6 is 0 Å². The molecule has 3 rings (SSSR count). The first-order valence-corrected chi connectivity index (χ1v) is 9.68. The topological polar surface area (TPSA) is 111 Å². The Morgan fingerprint density at radius 3 is 2.84 bits per heavy atom. The van der Waals surface area contributed by atoms with Gasteiger partial charge in [-0.3, -0.25) is 4.79 Å². The molecule has 1 N–H and O–H groups in total. The quantitative estimate of drug-likeness (QED) is 0.647. The van der Waals surface area contributed by atoms with Crippen molar-refractivity contribution in [3.8, 4) is 5.75 Å². The Bertz CT molecular complexity index is 988. The fourth-order valence-corrected chi connectivity index (χ4v) is 4.88. The van der Waals surface area contributed by atoms with Gasteiger partial charge in [0.05, 0.1) is 11.5 Å². The number of hydrogen-bond donors (Lipinski definition) is 1. The average Bonchev–Trinajstić information content (AvgIpc) is 2.87. The van der Waals surface area contributed by atoms with E-state index in [1.807, 2.05) is 0 Å². The van der Waals surface area contributed by atoms with Crippen molar-refractivity contribution in [2.24, 2.45) is 5.92 Å². The maximum atomic E-state index is 12.0. The normalized spacial score (nSPS) is 19.2. The number of ether oxygens (including phenoxy) is 1. The minimum atomic E-state index is -3.04. The molecule has 134 valence electrons. The van der Waals surface area contributed by atoms with Crippen LogP contribution in [0.2, 0.25) is 0 Å². The molecule has 0 spiro atoms. The van der Waals surface area contributed by atoms with Gasteiger partial charge in [-0.1, -0.05) is 0 Å². The molecule has 8 heteroatoms. The monoisotopic (exact) mass is 366 g/mol. The Labute approximate surface area is 144 Å². The number of benzene rings is 1. The van der Waals surface area contributed by atoms with E-state index in [0.29, 0.717) is 22.9 Å². The fraction of sp³-hybridized carbons (Fsp3) is 0.412. The van der Waals surface area contributed by atoms with Crippen molar-refractivity contribution in [1.29, 1.82) is 0 Å². The lowest BCUT2D eigenvalue weighted by atomic mass is 10.1. The van der Waals surface area contributed by atoms with E-state index < -0.39 is 21.4 Å². The first-order valence-electron chi connectivity index (χ1n) is 7.86. The van der Waals surface area contributed by atoms with Crippen molar-refractivity contribution in [3.05, 3.63) is 39.7 Å². The molecular formula is C17H18O7S. The van der Waals surface area contributed by atoms with Gasteiger partial charge in [0.2, 0.25) is 0 Å². The van der Waals surface area contributed by atoms with Crippen molar-refractivity contribution >= 4 is 26.8 Å². The number of carbonyl (C=O) groups is 1. The first kappa shape index (κ1) is 17.5. The molecule has 2 heterocycles. The van der Waals surface area contributed by atoms with Crippen molar-refractivity contribution in [3.63, 3.8) is 0 Å². The summed E-state index contributed by atoms with van der Waals surface area (Å²) < 4.78 is 33.2. The van der Waals surface area contributed by atoms with E-state index in [1.165, 1.54) is 12.1 Å². The molecule has 0 aliphatic carbocycles. The fourth-order valence-electron chi connectivity index (χ4n) is 3.02. The van der Waals surface area contributed by atoms with Gasteiger partial charge in [0, 0.05) is 29.0 Å². The summed E-state index contributed by atoms with van der Waals surface area (Å²) in [5, 5.41) is 10.3. The minimum absolute atomic E-state index is 0.00670. The highest BCUT2D eigenvalue weighted by molar-refractivity contribution is 7.91. The van der Waals surface area contributed by atoms with Crippen LogP contribution in [0.1, 0.15) is 24.0 Å². The van der Waals surface area contributed by atoms with E-state index >= 15 is 0 Å². The number of hydrogen-bond acceptors (Lipinski definition) is 7. The second kappa shape index (κ2) is 6.51. The predicted octanol–water partition coefficient (Wildman–Crippen LogP) is 1.68. The van der Waals surface area contributed by atoms with Crippen LogP contribution < -0.4 is 5.63 Å². The van der Waals surface area contributed by atoms with Crippen LogP contribution in [0.5, 0.6) is 5.75 Å². The van der Waals surface area contributed by atoms with Gasteiger partial charge in [0.15, 0.2) is 9.84 Å². The van der Waals surface area contributed by atoms with E-state index in [1.54, 1.807) is 13.0 Å². The van der Waals surface area contributed by atoms with E-state index in [9.17, 15) is 23.1 Å². The molecule has 0 amide bonds. The number of carbonyl (C=O) groups excluding carboxylic acids is 1. The highest BCUT2D eigenvalue weighted by atomic mass is 32.2. The Morgan fingerprint density at radius 1 is 1.40 bits per heavy atom. The summed E-state index contributed by atoms with van der Waals surface area (Å²) in [5.74, 6) is -0.586. The molecule has 1 aromatic heterocycles. The third-order valence-corrected chi connectivity index (χ3v) is 6.23. The van der Waals surface area contributed by atoms with Gasteiger partial charge in [-0.05, 0) is 31.4 Å². The van der Waals surface area contributed by atoms with Crippen LogP contribution in [0, 0.1) is 12.8 Å². The van der Waals surface area contributed by atoms with Gasteiger partial charge in [-0.25, -0.2) is 13.2 Å². The van der Waals surface area contributed by atoms with Crippen LogP contribution in [0.3, 0.4) is 0 Å². The number of phenolic OH excluding ortho intramolecular Hbond substituents is 1. The lowest BCUT2D eigenvalue weighted by Gasteiger charge is -2.10. The molecule has 1 aromatic carbocycles. The standard InChI is InChI=1S/C17H18O7S/c1-10-14(18)3-2-13-12(7-16(20)24-17(10)13)8-23-15(19)6-11-4-5-25(21,22)9-11/h2-3,7,11,18H,4-6,8-9H2,1H3/t11-/m0/s1. The van der Waals surface area contributed by atoms with Crippen LogP contribution in [-0.2, 0) is 26.0 Å². The molecule has 0 bridgehead atoms. The average molecular weight is 366 g/mol. The van der Waals surface area contributed by atoms with Gasteiger partial charge in [-0.15, -0.1) is 0 Å². The smallest absolute Gasteiger partial charge is 0.336 e. The Morgan fingerprint density at radius 2 is 2.16 bits per heavy atom. The Hall–Kier alpha value is -2.35. The maximum Gasteiger partial charge on any atom is 0.336 e. The second-order valence-corrected chi connectivity index (χ2v) is 8.54. The number of rotatable bonds is 4. The molecule has 25 heavy (non-hydrogen) atoms. The molecule has 1 atom stereocenters. The van der Waals surface area contributed by atoms with Crippen molar-refractivity contribution in [2.45, 2.75) is 26.4 Å². The molecular weight excluding hydrogens is 348 g/mol. The number of esters is 1. The third-order valence-electron chi connectivity index (χ3n) is 4.39. The summed E-state index contributed by atoms with van der Waals surface area (Å²) in [6.07, 6.45) is 0.506. The van der Waals surface area contributed by atoms with Crippen molar-refractivity contribution in [2.75, 3.05) is 11.5 Å². The maximum absolute atomic E-state index is 12.0. The summed E-state index contributed by atoms with van der Waals surface area (Å²) in [6, 6.07) is 4.31. The van der Waals surface area contributed by atoms with E-state index in [4.69, 9.17) is 9.15 Å². The zero-order chi connectivity index (χ0) is 18.2. The molecule has 0 radical (unpaired) electrons. The first-order chi connectivity index (χ1) is 11.7. The Balaban J connectivity index is 1.74. The molecule has 1 fully saturated rings.